The van der Waals surface area contributed by atoms with Gasteiger partial charge >= 0.3 is 0 Å². The molecule has 9 heteroatoms. The van der Waals surface area contributed by atoms with E-state index in [9.17, 15) is 14.7 Å². The van der Waals surface area contributed by atoms with E-state index in [1.54, 1.807) is 17.0 Å². The minimum atomic E-state index is -0.784. The van der Waals surface area contributed by atoms with Gasteiger partial charge in [0.05, 0.1) is 30.5 Å². The number of carbonyl (C=O) groups is 2. The normalized spacial score (nSPS) is 19.8. The van der Waals surface area contributed by atoms with Gasteiger partial charge in [0, 0.05) is 32.4 Å². The number of likely N-dealkylation sites (tertiary alicyclic amines) is 1. The van der Waals surface area contributed by atoms with Gasteiger partial charge in [-0.25, -0.2) is 4.98 Å². The van der Waals surface area contributed by atoms with Gasteiger partial charge in [-0.2, -0.15) is 0 Å². The zero-order valence-corrected chi connectivity index (χ0v) is 21.7. The Hall–Kier alpha value is -3.95. The molecule has 2 aromatic heterocycles. The summed E-state index contributed by atoms with van der Waals surface area (Å²) in [5, 5.41) is 11.6. The molecule has 2 saturated heterocycles. The molecule has 38 heavy (non-hydrogen) atoms. The van der Waals surface area contributed by atoms with Crippen molar-refractivity contribution >= 4 is 23.1 Å². The molecule has 2 fully saturated rings. The Morgan fingerprint density at radius 2 is 1.97 bits per heavy atom. The van der Waals surface area contributed by atoms with Crippen LogP contribution in [0.4, 0.5) is 0 Å². The minimum Gasteiger partial charge on any atom is -0.505 e. The van der Waals surface area contributed by atoms with Crippen LogP contribution in [0.25, 0.3) is 11.4 Å². The van der Waals surface area contributed by atoms with E-state index >= 15 is 0 Å². The van der Waals surface area contributed by atoms with Crippen LogP contribution in [0.5, 0.6) is 5.75 Å². The van der Waals surface area contributed by atoms with E-state index in [1.165, 1.54) is 0 Å². The standard InChI is InChI=1S/C29H32N4O5/c1-4-15-38-22-9-5-8-21(18-22)25-23(26(34)24-20(3)32-10-6-7-19(2)28(32)30-24)27(35)29(36)33(25)12-11-31-13-16-37-17-14-31/h4-10,18,25,34H,1,11-17H2,2-3H3/b26-23+. The first-order valence-electron chi connectivity index (χ1n) is 12.8. The molecule has 3 aromatic rings. The van der Waals surface area contributed by atoms with Gasteiger partial charge in [0.1, 0.15) is 23.7 Å². The summed E-state index contributed by atoms with van der Waals surface area (Å²) in [7, 11) is 0. The van der Waals surface area contributed by atoms with Crippen LogP contribution in [0.3, 0.4) is 0 Å². The van der Waals surface area contributed by atoms with Crippen LogP contribution < -0.4 is 4.74 Å². The predicted octanol–water partition coefficient (Wildman–Crippen LogP) is 3.27. The molecule has 0 radical (unpaired) electrons. The van der Waals surface area contributed by atoms with E-state index < -0.39 is 17.7 Å². The average molecular weight is 517 g/mol. The van der Waals surface area contributed by atoms with E-state index in [-0.39, 0.29) is 17.0 Å². The summed E-state index contributed by atoms with van der Waals surface area (Å²) in [6, 6.07) is 10.3. The zero-order valence-electron chi connectivity index (χ0n) is 21.7. The second-order valence-corrected chi connectivity index (χ2v) is 9.55. The molecule has 0 saturated carbocycles. The van der Waals surface area contributed by atoms with Crippen LogP contribution in [0.1, 0.15) is 28.6 Å². The lowest BCUT2D eigenvalue weighted by Gasteiger charge is -2.31. The molecule has 1 N–H and O–H groups in total. The van der Waals surface area contributed by atoms with E-state index in [2.05, 4.69) is 16.5 Å². The van der Waals surface area contributed by atoms with Crippen LogP contribution in [0.15, 0.2) is 60.8 Å². The highest BCUT2D eigenvalue weighted by molar-refractivity contribution is 6.46. The third-order valence-corrected chi connectivity index (χ3v) is 7.15. The van der Waals surface area contributed by atoms with Crippen LogP contribution in [0.2, 0.25) is 0 Å². The largest absolute Gasteiger partial charge is 0.505 e. The summed E-state index contributed by atoms with van der Waals surface area (Å²) in [4.78, 5) is 35.3. The van der Waals surface area contributed by atoms with Gasteiger partial charge in [0.15, 0.2) is 5.76 Å². The van der Waals surface area contributed by atoms with Crippen molar-refractivity contribution in [3.8, 4) is 5.75 Å². The van der Waals surface area contributed by atoms with Crippen LogP contribution in [-0.4, -0.2) is 82.0 Å². The number of nitrogens with zero attached hydrogens (tertiary/aromatic N) is 4. The second kappa shape index (κ2) is 10.8. The molecule has 5 rings (SSSR count). The molecular formula is C29H32N4O5. The summed E-state index contributed by atoms with van der Waals surface area (Å²) in [6.45, 7) is 11.5. The molecule has 9 nitrogen and oxygen atoms in total. The Balaban J connectivity index is 1.60. The number of aryl methyl sites for hydroxylation is 2. The number of carbonyl (C=O) groups excluding carboxylic acids is 2. The summed E-state index contributed by atoms with van der Waals surface area (Å²) in [5.41, 5.74) is 3.29. The maximum absolute atomic E-state index is 13.5. The minimum absolute atomic E-state index is 0.0296. The van der Waals surface area contributed by atoms with Gasteiger partial charge in [0.25, 0.3) is 11.7 Å². The zero-order chi connectivity index (χ0) is 26.8. The number of pyridine rings is 1. The molecule has 2 aliphatic rings. The molecule has 1 aromatic carbocycles. The lowest BCUT2D eigenvalue weighted by atomic mass is 9.96. The second-order valence-electron chi connectivity index (χ2n) is 9.55. The molecule has 0 spiro atoms. The average Bonchev–Trinajstić information content (AvgIpc) is 3.41. The number of ketones is 1. The lowest BCUT2D eigenvalue weighted by Crippen LogP contribution is -2.42. The molecule has 0 bridgehead atoms. The van der Waals surface area contributed by atoms with Crippen molar-refractivity contribution in [3.63, 3.8) is 0 Å². The molecule has 198 valence electrons. The van der Waals surface area contributed by atoms with Crippen molar-refractivity contribution in [2.45, 2.75) is 19.9 Å². The Morgan fingerprint density at radius 3 is 2.71 bits per heavy atom. The Morgan fingerprint density at radius 1 is 1.18 bits per heavy atom. The summed E-state index contributed by atoms with van der Waals surface area (Å²) in [6.07, 6.45) is 3.51. The van der Waals surface area contributed by atoms with Crippen LogP contribution in [0, 0.1) is 13.8 Å². The highest BCUT2D eigenvalue weighted by Gasteiger charge is 2.46. The van der Waals surface area contributed by atoms with Gasteiger partial charge in [-0.3, -0.25) is 14.5 Å². The maximum atomic E-state index is 13.5. The maximum Gasteiger partial charge on any atom is 0.295 e. The third-order valence-electron chi connectivity index (χ3n) is 7.15. The summed E-state index contributed by atoms with van der Waals surface area (Å²) in [5.74, 6) is -1.05. The number of fused-ring (bicyclic) bond motifs is 1. The van der Waals surface area contributed by atoms with Crippen LogP contribution in [-0.2, 0) is 14.3 Å². The third kappa shape index (κ3) is 4.70. The topological polar surface area (TPSA) is 96.6 Å². The first-order valence-corrected chi connectivity index (χ1v) is 12.8. The number of hydrogen-bond donors (Lipinski definition) is 1. The van der Waals surface area contributed by atoms with E-state index in [0.717, 1.165) is 18.7 Å². The van der Waals surface area contributed by atoms with Gasteiger partial charge in [-0.1, -0.05) is 30.9 Å². The highest BCUT2D eigenvalue weighted by atomic mass is 16.5. The monoisotopic (exact) mass is 516 g/mol. The number of hydrogen-bond acceptors (Lipinski definition) is 7. The fourth-order valence-corrected chi connectivity index (χ4v) is 5.13. The number of morpholine rings is 1. The SMILES string of the molecule is C=CCOc1cccc(C2/C(=C(\O)c3nc4c(C)cccn4c3C)C(=O)C(=O)N2CCN2CCOCC2)c1. The quantitative estimate of drug-likeness (QED) is 0.212. The number of benzene rings is 1. The van der Waals surface area contributed by atoms with Gasteiger partial charge in [-0.05, 0) is 43.2 Å². The predicted molar refractivity (Wildman–Crippen MR) is 143 cm³/mol. The smallest absolute Gasteiger partial charge is 0.295 e. The number of rotatable bonds is 8. The summed E-state index contributed by atoms with van der Waals surface area (Å²) >= 11 is 0. The number of Topliss-reactive ketones (excluding diaryl/α,β-unsaturated/α-hetero) is 1. The number of aromatic nitrogens is 2. The molecule has 4 heterocycles. The Labute approximate surface area is 221 Å². The van der Waals surface area contributed by atoms with Crippen molar-refractivity contribution in [2.75, 3.05) is 46.0 Å². The van der Waals surface area contributed by atoms with Gasteiger partial charge in [0.2, 0.25) is 0 Å². The number of amides is 1. The summed E-state index contributed by atoms with van der Waals surface area (Å²) < 4.78 is 13.0. The number of ether oxygens (including phenoxy) is 2. The molecule has 2 aliphatic heterocycles. The first kappa shape index (κ1) is 25.7. The van der Waals surface area contributed by atoms with Crippen molar-refractivity contribution < 1.29 is 24.2 Å². The van der Waals surface area contributed by atoms with Crippen molar-refractivity contribution in [2.24, 2.45) is 0 Å². The number of aliphatic hydroxyl groups excluding tert-OH is 1. The Bertz CT molecular complexity index is 1420. The number of imidazole rings is 1. The van der Waals surface area contributed by atoms with Crippen molar-refractivity contribution in [3.05, 3.63) is 83.3 Å². The van der Waals surface area contributed by atoms with E-state index in [1.807, 2.05) is 54.8 Å². The fraction of sp³-hybridized carbons (Fsp3) is 0.345. The van der Waals surface area contributed by atoms with Crippen LogP contribution >= 0.6 is 0 Å². The van der Waals surface area contributed by atoms with Crippen molar-refractivity contribution in [1.82, 2.24) is 19.2 Å². The fourth-order valence-electron chi connectivity index (χ4n) is 5.13. The molecule has 1 amide bonds. The molecule has 0 aliphatic carbocycles. The van der Waals surface area contributed by atoms with E-state index in [0.29, 0.717) is 55.6 Å². The van der Waals surface area contributed by atoms with E-state index in [4.69, 9.17) is 9.47 Å². The lowest BCUT2D eigenvalue weighted by molar-refractivity contribution is -0.140. The van der Waals surface area contributed by atoms with Gasteiger partial charge < -0.3 is 23.9 Å². The number of aliphatic hydroxyl groups is 1. The molecule has 1 unspecified atom stereocenters. The first-order chi connectivity index (χ1) is 18.4. The van der Waals surface area contributed by atoms with Crippen molar-refractivity contribution in [1.29, 1.82) is 0 Å². The Kier molecular flexibility index (Phi) is 7.31. The van der Waals surface area contributed by atoms with Gasteiger partial charge in [-0.15, -0.1) is 0 Å². The highest BCUT2D eigenvalue weighted by Crippen LogP contribution is 2.40. The molecular weight excluding hydrogens is 484 g/mol. The molecule has 1 atom stereocenters.